The summed E-state index contributed by atoms with van der Waals surface area (Å²) < 4.78 is 19.2. The first-order chi connectivity index (χ1) is 9.63. The number of halogens is 1. The number of nitrogen functional groups attached to an aromatic ring is 1. The molecular weight excluding hydrogens is 261 g/mol. The molecule has 0 aliphatic carbocycles. The quantitative estimate of drug-likeness (QED) is 0.700. The van der Waals surface area contributed by atoms with Crippen LogP contribution < -0.4 is 10.5 Å². The van der Waals surface area contributed by atoms with E-state index in [0.29, 0.717) is 22.5 Å². The number of rotatable bonds is 2. The van der Waals surface area contributed by atoms with Crippen molar-refractivity contribution < 1.29 is 14.2 Å². The third-order valence-electron chi connectivity index (χ3n) is 2.70. The Morgan fingerprint density at radius 2 is 1.95 bits per heavy atom. The van der Waals surface area contributed by atoms with E-state index >= 15 is 0 Å². The van der Waals surface area contributed by atoms with Gasteiger partial charge in [-0.15, -0.1) is 0 Å². The van der Waals surface area contributed by atoms with E-state index < -0.39 is 5.82 Å². The zero-order chi connectivity index (χ0) is 14.1. The zero-order valence-electron chi connectivity index (χ0n) is 10.2. The fourth-order valence-electron chi connectivity index (χ4n) is 1.80. The second-order valence-corrected chi connectivity index (χ2v) is 4.16. The molecule has 6 heteroatoms. The van der Waals surface area contributed by atoms with Crippen molar-refractivity contribution in [3.05, 3.63) is 48.5 Å². The molecule has 2 heterocycles. The number of fused-ring (bicyclic) bond motifs is 1. The van der Waals surface area contributed by atoms with Crippen LogP contribution in [0.3, 0.4) is 0 Å². The van der Waals surface area contributed by atoms with Gasteiger partial charge in [-0.3, -0.25) is 4.98 Å². The predicted molar refractivity (Wildman–Crippen MR) is 72.1 cm³/mol. The van der Waals surface area contributed by atoms with Crippen molar-refractivity contribution in [2.24, 2.45) is 0 Å². The number of pyridine rings is 2. The first kappa shape index (κ1) is 12.2. The van der Waals surface area contributed by atoms with Gasteiger partial charge in [-0.05, 0) is 12.1 Å². The van der Waals surface area contributed by atoms with Gasteiger partial charge < -0.3 is 15.6 Å². The van der Waals surface area contributed by atoms with Crippen LogP contribution in [0.1, 0.15) is 0 Å². The lowest BCUT2D eigenvalue weighted by Crippen LogP contribution is -1.93. The van der Waals surface area contributed by atoms with Crippen molar-refractivity contribution in [2.45, 2.75) is 0 Å². The highest BCUT2D eigenvalue weighted by molar-refractivity contribution is 5.81. The third-order valence-corrected chi connectivity index (χ3v) is 2.70. The number of nitrogens with two attached hydrogens (primary N) is 1. The van der Waals surface area contributed by atoms with E-state index in [9.17, 15) is 9.50 Å². The van der Waals surface area contributed by atoms with Gasteiger partial charge in [0, 0.05) is 30.1 Å². The van der Waals surface area contributed by atoms with E-state index in [-0.39, 0.29) is 11.5 Å². The van der Waals surface area contributed by atoms with Crippen molar-refractivity contribution in [1.82, 2.24) is 9.97 Å². The van der Waals surface area contributed by atoms with Gasteiger partial charge in [-0.2, -0.15) is 0 Å². The molecule has 0 saturated carbocycles. The van der Waals surface area contributed by atoms with Crippen molar-refractivity contribution in [3.63, 3.8) is 0 Å². The number of ether oxygens (including phenoxy) is 1. The van der Waals surface area contributed by atoms with Crippen molar-refractivity contribution >= 4 is 16.7 Å². The number of hydrogen-bond donors (Lipinski definition) is 2. The van der Waals surface area contributed by atoms with E-state index in [4.69, 9.17) is 10.5 Å². The van der Waals surface area contributed by atoms with E-state index in [2.05, 4.69) is 9.97 Å². The van der Waals surface area contributed by atoms with Crippen LogP contribution in [-0.2, 0) is 0 Å². The molecule has 0 radical (unpaired) electrons. The lowest BCUT2D eigenvalue weighted by atomic mass is 10.2. The Labute approximate surface area is 113 Å². The predicted octanol–water partition coefficient (Wildman–Crippen LogP) is 2.85. The third kappa shape index (κ3) is 2.18. The number of aromatic hydroxyl groups is 1. The van der Waals surface area contributed by atoms with Gasteiger partial charge in [-0.1, -0.05) is 0 Å². The Kier molecular flexibility index (Phi) is 2.83. The summed E-state index contributed by atoms with van der Waals surface area (Å²) in [4.78, 5) is 8.10. The summed E-state index contributed by atoms with van der Waals surface area (Å²) in [6, 6.07) is 7.19. The summed E-state index contributed by atoms with van der Waals surface area (Å²) in [5.41, 5.74) is 6.69. The molecule has 100 valence electrons. The van der Waals surface area contributed by atoms with Crippen LogP contribution in [0.25, 0.3) is 11.0 Å². The smallest absolute Gasteiger partial charge is 0.167 e. The number of benzene rings is 1. The molecule has 0 saturated heterocycles. The molecule has 0 aliphatic heterocycles. The van der Waals surface area contributed by atoms with Crippen LogP contribution >= 0.6 is 0 Å². The Hall–Kier alpha value is -2.89. The molecule has 3 aromatic rings. The summed E-state index contributed by atoms with van der Waals surface area (Å²) in [5, 5.41) is 9.37. The highest BCUT2D eigenvalue weighted by Gasteiger charge is 2.10. The average Bonchev–Trinajstić information content (AvgIpc) is 2.41. The van der Waals surface area contributed by atoms with Gasteiger partial charge in [0.15, 0.2) is 17.3 Å². The second kappa shape index (κ2) is 4.65. The SMILES string of the molecule is Nc1ccc(Oc2ccnc3cc(O)cnc23)c(F)c1. The van der Waals surface area contributed by atoms with E-state index in [1.165, 1.54) is 30.6 Å². The number of hydrogen-bond acceptors (Lipinski definition) is 5. The minimum atomic E-state index is -0.561. The summed E-state index contributed by atoms with van der Waals surface area (Å²) in [6.07, 6.45) is 2.77. The molecular formula is C14H10FN3O2. The summed E-state index contributed by atoms with van der Waals surface area (Å²) in [7, 11) is 0. The van der Waals surface area contributed by atoms with Crippen LogP contribution in [0, 0.1) is 5.82 Å². The largest absolute Gasteiger partial charge is 0.506 e. The highest BCUT2D eigenvalue weighted by atomic mass is 19.1. The molecule has 1 aromatic carbocycles. The molecule has 0 aliphatic rings. The maximum atomic E-state index is 13.7. The van der Waals surface area contributed by atoms with E-state index in [0.717, 1.165) is 0 Å². The molecule has 2 aromatic heterocycles. The van der Waals surface area contributed by atoms with Gasteiger partial charge in [0.2, 0.25) is 0 Å². The first-order valence-corrected chi connectivity index (χ1v) is 5.80. The minimum absolute atomic E-state index is 0.000755. The fourth-order valence-corrected chi connectivity index (χ4v) is 1.80. The van der Waals surface area contributed by atoms with Crippen LogP contribution in [0.15, 0.2) is 42.7 Å². The standard InChI is InChI=1S/C14H10FN3O2/c15-10-5-8(16)1-2-12(10)20-13-3-4-17-11-6-9(19)7-18-14(11)13/h1-7,19H,16H2. The van der Waals surface area contributed by atoms with Crippen LogP contribution in [0.2, 0.25) is 0 Å². The molecule has 0 amide bonds. The Bertz CT molecular complexity index is 792. The number of aromatic nitrogens is 2. The molecule has 0 bridgehead atoms. The summed E-state index contributed by atoms with van der Waals surface area (Å²) >= 11 is 0. The Balaban J connectivity index is 2.06. The lowest BCUT2D eigenvalue weighted by Gasteiger charge is -2.09. The Morgan fingerprint density at radius 1 is 1.10 bits per heavy atom. The molecule has 5 nitrogen and oxygen atoms in total. The van der Waals surface area contributed by atoms with Crippen LogP contribution in [0.5, 0.6) is 17.2 Å². The molecule has 0 spiro atoms. The lowest BCUT2D eigenvalue weighted by molar-refractivity contribution is 0.445. The molecule has 0 unspecified atom stereocenters. The molecule has 3 rings (SSSR count). The van der Waals surface area contributed by atoms with Gasteiger partial charge in [0.05, 0.1) is 11.7 Å². The number of nitrogens with zero attached hydrogens (tertiary/aromatic N) is 2. The molecule has 20 heavy (non-hydrogen) atoms. The first-order valence-electron chi connectivity index (χ1n) is 5.80. The maximum Gasteiger partial charge on any atom is 0.167 e. The van der Waals surface area contributed by atoms with Crippen LogP contribution in [-0.4, -0.2) is 15.1 Å². The molecule has 3 N–H and O–H groups in total. The highest BCUT2D eigenvalue weighted by Crippen LogP contribution is 2.30. The monoisotopic (exact) mass is 271 g/mol. The van der Waals surface area contributed by atoms with E-state index in [1.807, 2.05) is 0 Å². The van der Waals surface area contributed by atoms with Crippen molar-refractivity contribution in [3.8, 4) is 17.2 Å². The van der Waals surface area contributed by atoms with Crippen molar-refractivity contribution in [1.29, 1.82) is 0 Å². The van der Waals surface area contributed by atoms with Gasteiger partial charge in [-0.25, -0.2) is 9.37 Å². The zero-order valence-corrected chi connectivity index (χ0v) is 10.2. The van der Waals surface area contributed by atoms with E-state index in [1.54, 1.807) is 12.1 Å². The Morgan fingerprint density at radius 3 is 2.75 bits per heavy atom. The minimum Gasteiger partial charge on any atom is -0.506 e. The summed E-state index contributed by atoms with van der Waals surface area (Å²) in [5.74, 6) is -0.171. The maximum absolute atomic E-state index is 13.7. The topological polar surface area (TPSA) is 81.3 Å². The fraction of sp³-hybridized carbons (Fsp3) is 0. The van der Waals surface area contributed by atoms with Crippen LogP contribution in [0.4, 0.5) is 10.1 Å². The van der Waals surface area contributed by atoms with Gasteiger partial charge >= 0.3 is 0 Å². The number of anilines is 1. The molecule has 0 fully saturated rings. The van der Waals surface area contributed by atoms with Gasteiger partial charge in [0.25, 0.3) is 0 Å². The molecule has 0 atom stereocenters. The van der Waals surface area contributed by atoms with Crippen molar-refractivity contribution in [2.75, 3.05) is 5.73 Å². The second-order valence-electron chi connectivity index (χ2n) is 4.16. The average molecular weight is 271 g/mol. The van der Waals surface area contributed by atoms with Gasteiger partial charge in [0.1, 0.15) is 11.3 Å². The normalized spacial score (nSPS) is 10.7. The summed E-state index contributed by atoms with van der Waals surface area (Å²) in [6.45, 7) is 0.